The Morgan fingerprint density at radius 2 is 2.07 bits per heavy atom. The second-order valence-electron chi connectivity index (χ2n) is 2.59. The van der Waals surface area contributed by atoms with Crippen LogP contribution >= 0.6 is 0 Å². The van der Waals surface area contributed by atoms with Crippen molar-refractivity contribution in [1.82, 2.24) is 9.97 Å². The first-order valence-electron chi connectivity index (χ1n) is 3.91. The molecule has 0 aromatic carbocycles. The van der Waals surface area contributed by atoms with Crippen LogP contribution in [0, 0.1) is 0 Å². The number of hydrogen-bond acceptors (Lipinski definition) is 3. The number of pyridine rings is 2. The van der Waals surface area contributed by atoms with E-state index in [-0.39, 0.29) is 5.75 Å². The molecule has 2 aromatic rings. The molecular weight excluding hydrogens is 190 g/mol. The third-order valence-corrected chi connectivity index (χ3v) is 1.65. The number of alkyl halides is 2. The van der Waals surface area contributed by atoms with Crippen LogP contribution in [0.3, 0.4) is 0 Å². The first-order chi connectivity index (χ1) is 6.75. The van der Waals surface area contributed by atoms with Gasteiger partial charge in [0.1, 0.15) is 5.75 Å². The smallest absolute Gasteiger partial charge is 0.387 e. The van der Waals surface area contributed by atoms with Crippen molar-refractivity contribution in [2.75, 3.05) is 0 Å². The summed E-state index contributed by atoms with van der Waals surface area (Å²) < 4.78 is 27.9. The van der Waals surface area contributed by atoms with Crippen LogP contribution in [0.1, 0.15) is 0 Å². The molecular formula is C9H6F2N2O. The predicted octanol–water partition coefficient (Wildman–Crippen LogP) is 2.23. The Hall–Kier alpha value is -1.78. The molecule has 5 heteroatoms. The summed E-state index contributed by atoms with van der Waals surface area (Å²) in [7, 11) is 0. The van der Waals surface area contributed by atoms with Gasteiger partial charge in [-0.05, 0) is 12.1 Å². The molecule has 72 valence electrons. The van der Waals surface area contributed by atoms with Gasteiger partial charge in [-0.15, -0.1) is 0 Å². The topological polar surface area (TPSA) is 35.0 Å². The molecule has 0 unspecified atom stereocenters. The summed E-state index contributed by atoms with van der Waals surface area (Å²) >= 11 is 0. The molecule has 0 bridgehead atoms. The minimum atomic E-state index is -2.84. The van der Waals surface area contributed by atoms with E-state index in [1.165, 1.54) is 12.3 Å². The van der Waals surface area contributed by atoms with Crippen LogP contribution in [0.15, 0.2) is 30.6 Å². The van der Waals surface area contributed by atoms with Crippen LogP contribution in [0.4, 0.5) is 8.78 Å². The molecule has 2 rings (SSSR count). The van der Waals surface area contributed by atoms with E-state index in [4.69, 9.17) is 0 Å². The standard InChI is InChI=1S/C9H6F2N2O/c10-9(11)14-6-4-8-7(13-5-6)2-1-3-12-8/h1-5,9H. The highest BCUT2D eigenvalue weighted by Crippen LogP contribution is 2.17. The van der Waals surface area contributed by atoms with Gasteiger partial charge in [0.15, 0.2) is 0 Å². The molecule has 0 aliphatic rings. The van der Waals surface area contributed by atoms with Gasteiger partial charge in [-0.25, -0.2) is 0 Å². The summed E-state index contributed by atoms with van der Waals surface area (Å²) in [5.74, 6) is 0.0196. The minimum absolute atomic E-state index is 0.0196. The molecule has 0 radical (unpaired) electrons. The highest BCUT2D eigenvalue weighted by Gasteiger charge is 2.05. The van der Waals surface area contributed by atoms with Crippen LogP contribution < -0.4 is 4.74 Å². The van der Waals surface area contributed by atoms with Crippen LogP contribution in [0.2, 0.25) is 0 Å². The van der Waals surface area contributed by atoms with Gasteiger partial charge in [-0.1, -0.05) is 0 Å². The van der Waals surface area contributed by atoms with E-state index >= 15 is 0 Å². The largest absolute Gasteiger partial charge is 0.433 e. The third-order valence-electron chi connectivity index (χ3n) is 1.65. The van der Waals surface area contributed by atoms with Gasteiger partial charge in [0.25, 0.3) is 0 Å². The van der Waals surface area contributed by atoms with Crippen molar-refractivity contribution in [1.29, 1.82) is 0 Å². The second-order valence-corrected chi connectivity index (χ2v) is 2.59. The first kappa shape index (κ1) is 8.80. The van der Waals surface area contributed by atoms with Crippen LogP contribution in [0.5, 0.6) is 5.75 Å². The van der Waals surface area contributed by atoms with Gasteiger partial charge in [-0.3, -0.25) is 9.97 Å². The van der Waals surface area contributed by atoms with E-state index in [1.54, 1.807) is 18.3 Å². The fourth-order valence-electron chi connectivity index (χ4n) is 1.10. The number of fused-ring (bicyclic) bond motifs is 1. The van der Waals surface area contributed by atoms with E-state index in [0.29, 0.717) is 11.0 Å². The normalized spacial score (nSPS) is 10.8. The molecule has 2 heterocycles. The van der Waals surface area contributed by atoms with Crippen molar-refractivity contribution < 1.29 is 13.5 Å². The quantitative estimate of drug-likeness (QED) is 0.738. The average molecular weight is 196 g/mol. The number of nitrogens with zero attached hydrogens (tertiary/aromatic N) is 2. The van der Waals surface area contributed by atoms with Gasteiger partial charge in [0.05, 0.1) is 17.2 Å². The SMILES string of the molecule is FC(F)Oc1cnc2cccnc2c1. The van der Waals surface area contributed by atoms with Gasteiger partial charge in [0, 0.05) is 12.3 Å². The molecule has 0 saturated carbocycles. The van der Waals surface area contributed by atoms with Crippen LogP contribution in [0.25, 0.3) is 11.0 Å². The molecule has 0 N–H and O–H groups in total. The van der Waals surface area contributed by atoms with Crippen molar-refractivity contribution in [2.45, 2.75) is 6.61 Å². The summed E-state index contributed by atoms with van der Waals surface area (Å²) in [5.41, 5.74) is 1.18. The second kappa shape index (κ2) is 3.53. The van der Waals surface area contributed by atoms with Gasteiger partial charge in [-0.2, -0.15) is 8.78 Å². The molecule has 2 aromatic heterocycles. The molecule has 0 saturated heterocycles. The Morgan fingerprint density at radius 3 is 2.86 bits per heavy atom. The van der Waals surface area contributed by atoms with Crippen molar-refractivity contribution in [2.24, 2.45) is 0 Å². The van der Waals surface area contributed by atoms with Crippen LogP contribution in [-0.2, 0) is 0 Å². The zero-order valence-corrected chi connectivity index (χ0v) is 7.02. The highest BCUT2D eigenvalue weighted by atomic mass is 19.3. The number of aromatic nitrogens is 2. The first-order valence-corrected chi connectivity index (χ1v) is 3.91. The van der Waals surface area contributed by atoms with E-state index in [0.717, 1.165) is 0 Å². The number of hydrogen-bond donors (Lipinski definition) is 0. The van der Waals surface area contributed by atoms with Gasteiger partial charge >= 0.3 is 6.61 Å². The van der Waals surface area contributed by atoms with Crippen LogP contribution in [-0.4, -0.2) is 16.6 Å². The number of halogens is 2. The van der Waals surface area contributed by atoms with Crippen molar-refractivity contribution in [3.8, 4) is 5.75 Å². The number of rotatable bonds is 2. The summed E-state index contributed by atoms with van der Waals surface area (Å²) in [6.07, 6.45) is 2.81. The van der Waals surface area contributed by atoms with E-state index in [9.17, 15) is 8.78 Å². The van der Waals surface area contributed by atoms with Gasteiger partial charge < -0.3 is 4.74 Å². The maximum Gasteiger partial charge on any atom is 0.387 e. The molecule has 0 aliphatic heterocycles. The Morgan fingerprint density at radius 1 is 1.21 bits per heavy atom. The Kier molecular flexibility index (Phi) is 2.22. The molecule has 3 nitrogen and oxygen atoms in total. The molecule has 0 fully saturated rings. The monoisotopic (exact) mass is 196 g/mol. The summed E-state index contributed by atoms with van der Waals surface area (Å²) in [6.45, 7) is -2.84. The third kappa shape index (κ3) is 1.76. The molecule has 0 amide bonds. The zero-order chi connectivity index (χ0) is 9.97. The zero-order valence-electron chi connectivity index (χ0n) is 7.02. The van der Waals surface area contributed by atoms with E-state index in [1.807, 2.05) is 0 Å². The van der Waals surface area contributed by atoms with Gasteiger partial charge in [0.2, 0.25) is 0 Å². The Balaban J connectivity index is 2.41. The fourth-order valence-corrected chi connectivity index (χ4v) is 1.10. The maximum atomic E-state index is 11.9. The Bertz CT molecular complexity index is 448. The molecule has 0 aliphatic carbocycles. The molecule has 14 heavy (non-hydrogen) atoms. The maximum absolute atomic E-state index is 11.9. The highest BCUT2D eigenvalue weighted by molar-refractivity contribution is 5.74. The lowest BCUT2D eigenvalue weighted by molar-refractivity contribution is -0.0499. The van der Waals surface area contributed by atoms with Crippen molar-refractivity contribution in [3.05, 3.63) is 30.6 Å². The Labute approximate surface area is 78.4 Å². The summed E-state index contributed by atoms with van der Waals surface area (Å²) in [6, 6.07) is 4.89. The molecule has 0 spiro atoms. The average Bonchev–Trinajstić information content (AvgIpc) is 2.17. The lowest BCUT2D eigenvalue weighted by Gasteiger charge is -2.03. The lowest BCUT2D eigenvalue weighted by atomic mass is 10.3. The summed E-state index contributed by atoms with van der Waals surface area (Å²) in [5, 5.41) is 0. The van der Waals surface area contributed by atoms with Crippen molar-refractivity contribution >= 4 is 11.0 Å². The fraction of sp³-hybridized carbons (Fsp3) is 0.111. The molecule has 0 atom stereocenters. The summed E-state index contributed by atoms with van der Waals surface area (Å²) in [4.78, 5) is 7.88. The minimum Gasteiger partial charge on any atom is -0.433 e. The van der Waals surface area contributed by atoms with Crippen molar-refractivity contribution in [3.63, 3.8) is 0 Å². The van der Waals surface area contributed by atoms with E-state index in [2.05, 4.69) is 14.7 Å². The predicted molar refractivity (Wildman–Crippen MR) is 46.2 cm³/mol. The number of ether oxygens (including phenoxy) is 1. The van der Waals surface area contributed by atoms with E-state index < -0.39 is 6.61 Å². The lowest BCUT2D eigenvalue weighted by Crippen LogP contribution is -2.02.